The lowest BCUT2D eigenvalue weighted by Crippen LogP contribution is -2.36. The van der Waals surface area contributed by atoms with Crippen LogP contribution in [0.5, 0.6) is 5.75 Å². The molecular weight excluding hydrogens is 346 g/mol. The first-order chi connectivity index (χ1) is 12.8. The van der Waals surface area contributed by atoms with Gasteiger partial charge in [-0.3, -0.25) is 4.79 Å². The molecule has 1 fully saturated rings. The second-order valence-corrected chi connectivity index (χ2v) is 7.47. The number of likely N-dealkylation sites (tertiary alicyclic amines) is 1. The maximum absolute atomic E-state index is 12.2. The standard InChI is InChI=1S/C20H23N3O4/c1-20(2,3)27-19(25)23-8-7-16(12-23)26-17-10-18(22-21-11-17)15-6-4-5-14(9-15)13-24/h4-6,9-11,13,16H,7-8,12H2,1-3H3. The van der Waals surface area contributed by atoms with Crippen LogP contribution in [0.2, 0.25) is 0 Å². The summed E-state index contributed by atoms with van der Waals surface area (Å²) >= 11 is 0. The van der Waals surface area contributed by atoms with Gasteiger partial charge in [-0.15, -0.1) is 0 Å². The van der Waals surface area contributed by atoms with Crippen LogP contribution in [-0.2, 0) is 4.74 Å². The Morgan fingerprint density at radius 2 is 2.11 bits per heavy atom. The molecule has 3 rings (SSSR count). The molecule has 0 aliphatic carbocycles. The van der Waals surface area contributed by atoms with E-state index in [-0.39, 0.29) is 12.2 Å². The molecule has 0 bridgehead atoms. The van der Waals surface area contributed by atoms with Gasteiger partial charge >= 0.3 is 6.09 Å². The van der Waals surface area contributed by atoms with E-state index in [1.807, 2.05) is 26.8 Å². The number of rotatable bonds is 4. The Morgan fingerprint density at radius 1 is 1.30 bits per heavy atom. The van der Waals surface area contributed by atoms with E-state index in [2.05, 4.69) is 10.2 Å². The smallest absolute Gasteiger partial charge is 0.410 e. The molecule has 142 valence electrons. The summed E-state index contributed by atoms with van der Waals surface area (Å²) in [6.45, 7) is 6.59. The SMILES string of the molecule is CC(C)(C)OC(=O)N1CCC(Oc2cnnc(-c3cccc(C=O)c3)c2)C1. The largest absolute Gasteiger partial charge is 0.487 e. The first-order valence-corrected chi connectivity index (χ1v) is 8.87. The zero-order valence-electron chi connectivity index (χ0n) is 15.7. The van der Waals surface area contributed by atoms with Gasteiger partial charge in [0.2, 0.25) is 0 Å². The lowest BCUT2D eigenvalue weighted by molar-refractivity contribution is 0.0275. The molecule has 7 heteroatoms. The summed E-state index contributed by atoms with van der Waals surface area (Å²) in [6, 6.07) is 8.92. The number of aldehydes is 1. The summed E-state index contributed by atoms with van der Waals surface area (Å²) in [6.07, 6.45) is 2.60. The van der Waals surface area contributed by atoms with Crippen LogP contribution in [0.4, 0.5) is 4.79 Å². The molecule has 2 heterocycles. The summed E-state index contributed by atoms with van der Waals surface area (Å²) < 4.78 is 11.4. The zero-order chi connectivity index (χ0) is 19.4. The van der Waals surface area contributed by atoms with Gasteiger partial charge in [-0.1, -0.05) is 18.2 Å². The maximum atomic E-state index is 12.2. The lowest BCUT2D eigenvalue weighted by Gasteiger charge is -2.24. The number of benzene rings is 1. The third-order valence-electron chi connectivity index (χ3n) is 4.05. The van der Waals surface area contributed by atoms with Crippen LogP contribution in [0.25, 0.3) is 11.3 Å². The van der Waals surface area contributed by atoms with Crippen LogP contribution >= 0.6 is 0 Å². The highest BCUT2D eigenvalue weighted by molar-refractivity contribution is 5.78. The molecule has 1 aromatic carbocycles. The highest BCUT2D eigenvalue weighted by atomic mass is 16.6. The van der Waals surface area contributed by atoms with E-state index in [4.69, 9.17) is 9.47 Å². The van der Waals surface area contributed by atoms with E-state index in [1.165, 1.54) is 0 Å². The Kier molecular flexibility index (Phi) is 5.39. The fourth-order valence-corrected chi connectivity index (χ4v) is 2.83. The zero-order valence-corrected chi connectivity index (χ0v) is 15.7. The maximum Gasteiger partial charge on any atom is 0.410 e. The van der Waals surface area contributed by atoms with Crippen LogP contribution in [0.1, 0.15) is 37.6 Å². The molecule has 7 nitrogen and oxygen atoms in total. The van der Waals surface area contributed by atoms with E-state index < -0.39 is 5.60 Å². The lowest BCUT2D eigenvalue weighted by atomic mass is 10.1. The Bertz CT molecular complexity index is 832. The molecule has 1 aliphatic rings. The Morgan fingerprint density at radius 3 is 2.85 bits per heavy atom. The monoisotopic (exact) mass is 369 g/mol. The molecule has 0 saturated carbocycles. The van der Waals surface area contributed by atoms with Gasteiger partial charge in [-0.25, -0.2) is 4.79 Å². The molecule has 1 aliphatic heterocycles. The topological polar surface area (TPSA) is 81.6 Å². The molecule has 0 radical (unpaired) electrons. The predicted octanol–water partition coefficient (Wildman–Crippen LogP) is 3.34. The van der Waals surface area contributed by atoms with Crippen molar-refractivity contribution in [1.82, 2.24) is 15.1 Å². The third-order valence-corrected chi connectivity index (χ3v) is 4.05. The van der Waals surface area contributed by atoms with Crippen molar-refractivity contribution in [1.29, 1.82) is 0 Å². The van der Waals surface area contributed by atoms with Crippen molar-refractivity contribution in [3.8, 4) is 17.0 Å². The van der Waals surface area contributed by atoms with Gasteiger partial charge in [-0.2, -0.15) is 10.2 Å². The number of hydrogen-bond donors (Lipinski definition) is 0. The predicted molar refractivity (Wildman–Crippen MR) is 99.7 cm³/mol. The van der Waals surface area contributed by atoms with Crippen molar-refractivity contribution in [3.05, 3.63) is 42.1 Å². The number of ether oxygens (including phenoxy) is 2. The molecular formula is C20H23N3O4. The fourth-order valence-electron chi connectivity index (χ4n) is 2.83. The van der Waals surface area contributed by atoms with E-state index >= 15 is 0 Å². The van der Waals surface area contributed by atoms with Gasteiger partial charge in [0.15, 0.2) is 0 Å². The summed E-state index contributed by atoms with van der Waals surface area (Å²) in [4.78, 5) is 24.8. The van der Waals surface area contributed by atoms with Gasteiger partial charge in [0, 0.05) is 30.2 Å². The summed E-state index contributed by atoms with van der Waals surface area (Å²) in [5.41, 5.74) is 1.47. The number of nitrogens with zero attached hydrogens (tertiary/aromatic N) is 3. The number of aromatic nitrogens is 2. The molecule has 1 aromatic heterocycles. The number of carbonyl (C=O) groups is 2. The van der Waals surface area contributed by atoms with E-state index in [1.54, 1.807) is 35.4 Å². The molecule has 1 atom stereocenters. The fraction of sp³-hybridized carbons (Fsp3) is 0.400. The average Bonchev–Trinajstić information content (AvgIpc) is 3.09. The molecule has 27 heavy (non-hydrogen) atoms. The third kappa shape index (κ3) is 5.03. The summed E-state index contributed by atoms with van der Waals surface area (Å²) in [7, 11) is 0. The first-order valence-electron chi connectivity index (χ1n) is 8.87. The average molecular weight is 369 g/mol. The van der Waals surface area contributed by atoms with Gasteiger partial charge in [0.05, 0.1) is 18.4 Å². The van der Waals surface area contributed by atoms with Crippen molar-refractivity contribution in [2.24, 2.45) is 0 Å². The van der Waals surface area contributed by atoms with Crippen molar-refractivity contribution in [2.75, 3.05) is 13.1 Å². The Hall–Kier alpha value is -2.96. The number of hydrogen-bond acceptors (Lipinski definition) is 6. The first kappa shape index (κ1) is 18.8. The van der Waals surface area contributed by atoms with Crippen LogP contribution in [0.15, 0.2) is 36.5 Å². The highest BCUT2D eigenvalue weighted by Gasteiger charge is 2.31. The van der Waals surface area contributed by atoms with Crippen LogP contribution in [-0.4, -0.2) is 52.3 Å². The molecule has 0 spiro atoms. The Labute approximate surface area is 158 Å². The van der Waals surface area contributed by atoms with Crippen LogP contribution in [0, 0.1) is 0 Å². The van der Waals surface area contributed by atoms with Gasteiger partial charge in [-0.05, 0) is 26.8 Å². The quantitative estimate of drug-likeness (QED) is 0.769. The second kappa shape index (κ2) is 7.73. The van der Waals surface area contributed by atoms with Gasteiger partial charge in [0.25, 0.3) is 0 Å². The van der Waals surface area contributed by atoms with E-state index in [0.717, 1.165) is 18.3 Å². The number of carbonyl (C=O) groups excluding carboxylic acids is 2. The normalized spacial score (nSPS) is 16.9. The molecule has 1 unspecified atom stereocenters. The van der Waals surface area contributed by atoms with E-state index in [9.17, 15) is 9.59 Å². The minimum atomic E-state index is -0.518. The summed E-state index contributed by atoms with van der Waals surface area (Å²) in [5.74, 6) is 0.576. The van der Waals surface area contributed by atoms with Gasteiger partial charge in [0.1, 0.15) is 23.7 Å². The van der Waals surface area contributed by atoms with Crippen molar-refractivity contribution in [3.63, 3.8) is 0 Å². The van der Waals surface area contributed by atoms with Gasteiger partial charge < -0.3 is 14.4 Å². The molecule has 2 aromatic rings. The number of amides is 1. The second-order valence-electron chi connectivity index (χ2n) is 7.47. The van der Waals surface area contributed by atoms with E-state index in [0.29, 0.717) is 30.1 Å². The van der Waals surface area contributed by atoms with Crippen molar-refractivity contribution >= 4 is 12.4 Å². The minimum Gasteiger partial charge on any atom is -0.487 e. The summed E-state index contributed by atoms with van der Waals surface area (Å²) in [5, 5.41) is 8.11. The van der Waals surface area contributed by atoms with Crippen molar-refractivity contribution < 1.29 is 19.1 Å². The molecule has 1 saturated heterocycles. The minimum absolute atomic E-state index is 0.129. The molecule has 1 amide bonds. The highest BCUT2D eigenvalue weighted by Crippen LogP contribution is 2.24. The van der Waals surface area contributed by atoms with Crippen LogP contribution in [0.3, 0.4) is 0 Å². The van der Waals surface area contributed by atoms with Crippen LogP contribution < -0.4 is 4.74 Å². The Balaban J connectivity index is 1.65. The molecule has 0 N–H and O–H groups in total. The van der Waals surface area contributed by atoms with Crippen molar-refractivity contribution in [2.45, 2.75) is 38.9 Å².